The predicted octanol–water partition coefficient (Wildman–Crippen LogP) is 2.39. The van der Waals surface area contributed by atoms with E-state index in [1.54, 1.807) is 25.4 Å². The van der Waals surface area contributed by atoms with Crippen LogP contribution in [-0.2, 0) is 21.7 Å². The number of carbonyl (C=O) groups is 2. The number of rotatable bonds is 3. The number of ether oxygens (including phenoxy) is 2. The molecule has 1 aromatic carbocycles. The van der Waals surface area contributed by atoms with Crippen LogP contribution in [0.5, 0.6) is 5.75 Å². The molecule has 2 atom stereocenters. The fourth-order valence-electron chi connectivity index (χ4n) is 3.61. The van der Waals surface area contributed by atoms with Crippen LogP contribution in [0.2, 0.25) is 0 Å². The second-order valence-electron chi connectivity index (χ2n) is 7.30. The summed E-state index contributed by atoms with van der Waals surface area (Å²) in [6.45, 7) is 4.61. The summed E-state index contributed by atoms with van der Waals surface area (Å²) >= 11 is 0. The number of para-hydroxylation sites is 2. The van der Waals surface area contributed by atoms with Crippen molar-refractivity contribution in [1.82, 2.24) is 10.3 Å². The Morgan fingerprint density at radius 1 is 1.39 bits per heavy atom. The molecule has 146 valence electrons. The first-order chi connectivity index (χ1) is 13.4. The number of fused-ring (bicyclic) bond motifs is 2. The third-order valence-electron chi connectivity index (χ3n) is 5.58. The van der Waals surface area contributed by atoms with E-state index in [4.69, 9.17) is 9.47 Å². The molecule has 0 fully saturated rings. The Kier molecular flexibility index (Phi) is 4.55. The molecule has 2 amide bonds. The summed E-state index contributed by atoms with van der Waals surface area (Å²) in [6.07, 6.45) is 2.47. The van der Waals surface area contributed by atoms with Crippen molar-refractivity contribution in [3.8, 4) is 5.75 Å². The van der Waals surface area contributed by atoms with Crippen LogP contribution in [0.25, 0.3) is 0 Å². The van der Waals surface area contributed by atoms with Gasteiger partial charge in [-0.25, -0.2) is 0 Å². The zero-order valence-corrected chi connectivity index (χ0v) is 16.2. The molecule has 7 nitrogen and oxygen atoms in total. The van der Waals surface area contributed by atoms with Crippen LogP contribution in [0.15, 0.2) is 36.5 Å². The number of hydrogen-bond acceptors (Lipinski definition) is 5. The highest BCUT2D eigenvalue weighted by Crippen LogP contribution is 2.38. The van der Waals surface area contributed by atoms with Crippen molar-refractivity contribution in [2.75, 3.05) is 18.6 Å². The highest BCUT2D eigenvalue weighted by molar-refractivity contribution is 6.02. The number of anilines is 1. The summed E-state index contributed by atoms with van der Waals surface area (Å²) in [6, 6.07) is 8.27. The van der Waals surface area contributed by atoms with Crippen LogP contribution in [0, 0.1) is 0 Å². The Morgan fingerprint density at radius 2 is 2.18 bits per heavy atom. The van der Waals surface area contributed by atoms with Crippen molar-refractivity contribution >= 4 is 17.5 Å². The standard InChI is InChI=1S/C21H23N3O4/c1-4-21(2)14-9-15(22-10-13(14)11-28-21)19(25)23-16-12-27-18-8-6-5-7-17(18)24(3)20(16)26/h5-10,16H,4,11-12H2,1-3H3,(H,23,25)/t16-,21-/m0/s1. The van der Waals surface area contributed by atoms with E-state index in [0.717, 1.165) is 17.5 Å². The molecule has 0 bridgehead atoms. The fraction of sp³-hybridized carbons (Fsp3) is 0.381. The fourth-order valence-corrected chi connectivity index (χ4v) is 3.61. The Hall–Kier alpha value is -2.93. The van der Waals surface area contributed by atoms with Crippen molar-refractivity contribution in [3.05, 3.63) is 53.3 Å². The van der Waals surface area contributed by atoms with Crippen LogP contribution in [0.4, 0.5) is 5.69 Å². The number of hydrogen-bond donors (Lipinski definition) is 1. The van der Waals surface area contributed by atoms with Crippen molar-refractivity contribution < 1.29 is 19.1 Å². The van der Waals surface area contributed by atoms with E-state index in [-0.39, 0.29) is 18.2 Å². The van der Waals surface area contributed by atoms with E-state index in [1.165, 1.54) is 4.90 Å². The van der Waals surface area contributed by atoms with E-state index < -0.39 is 17.6 Å². The second kappa shape index (κ2) is 6.91. The van der Waals surface area contributed by atoms with E-state index in [2.05, 4.69) is 10.3 Å². The maximum absolute atomic E-state index is 12.8. The van der Waals surface area contributed by atoms with Gasteiger partial charge in [0.1, 0.15) is 24.1 Å². The van der Waals surface area contributed by atoms with Crippen LogP contribution >= 0.6 is 0 Å². The van der Waals surface area contributed by atoms with E-state index in [0.29, 0.717) is 18.0 Å². The Morgan fingerprint density at radius 3 is 2.96 bits per heavy atom. The molecule has 1 N–H and O–H groups in total. The van der Waals surface area contributed by atoms with Gasteiger partial charge in [0.2, 0.25) is 0 Å². The monoisotopic (exact) mass is 381 g/mol. The van der Waals surface area contributed by atoms with Gasteiger partial charge in [0, 0.05) is 18.8 Å². The first-order valence-electron chi connectivity index (χ1n) is 9.36. The summed E-state index contributed by atoms with van der Waals surface area (Å²) < 4.78 is 11.6. The molecule has 0 aliphatic carbocycles. The molecule has 2 aromatic rings. The molecule has 4 rings (SSSR count). The lowest BCUT2D eigenvalue weighted by atomic mass is 9.92. The summed E-state index contributed by atoms with van der Waals surface area (Å²) in [5, 5.41) is 2.77. The maximum atomic E-state index is 12.8. The van der Waals surface area contributed by atoms with E-state index >= 15 is 0 Å². The lowest BCUT2D eigenvalue weighted by Crippen LogP contribution is -2.49. The minimum absolute atomic E-state index is 0.0622. The van der Waals surface area contributed by atoms with Crippen molar-refractivity contribution in [2.45, 2.75) is 38.5 Å². The predicted molar refractivity (Wildman–Crippen MR) is 103 cm³/mol. The van der Waals surface area contributed by atoms with Gasteiger partial charge in [-0.05, 0) is 37.1 Å². The first-order valence-corrected chi connectivity index (χ1v) is 9.36. The average molecular weight is 381 g/mol. The molecule has 7 heteroatoms. The molecule has 3 heterocycles. The van der Waals surface area contributed by atoms with Gasteiger partial charge in [-0.15, -0.1) is 0 Å². The van der Waals surface area contributed by atoms with Gasteiger partial charge in [-0.2, -0.15) is 0 Å². The molecule has 0 radical (unpaired) electrons. The summed E-state index contributed by atoms with van der Waals surface area (Å²) in [5.74, 6) is -0.0303. The van der Waals surface area contributed by atoms with Crippen molar-refractivity contribution in [1.29, 1.82) is 0 Å². The highest BCUT2D eigenvalue weighted by Gasteiger charge is 2.36. The van der Waals surface area contributed by atoms with Crippen LogP contribution in [-0.4, -0.2) is 36.5 Å². The first kappa shape index (κ1) is 18.4. The Bertz CT molecular complexity index is 945. The number of nitrogens with zero attached hydrogens (tertiary/aromatic N) is 2. The molecule has 2 aliphatic heterocycles. The zero-order chi connectivity index (χ0) is 19.9. The molecule has 0 spiro atoms. The quantitative estimate of drug-likeness (QED) is 0.883. The molecular weight excluding hydrogens is 358 g/mol. The topological polar surface area (TPSA) is 80.8 Å². The molecule has 2 aliphatic rings. The number of likely N-dealkylation sites (N-methyl/N-ethyl adjacent to an activating group) is 1. The van der Waals surface area contributed by atoms with Gasteiger partial charge in [0.25, 0.3) is 11.8 Å². The van der Waals surface area contributed by atoms with Crippen molar-refractivity contribution in [3.63, 3.8) is 0 Å². The average Bonchev–Trinajstić information content (AvgIpc) is 3.01. The van der Waals surface area contributed by atoms with Gasteiger partial charge < -0.3 is 19.7 Å². The molecule has 0 unspecified atom stereocenters. The number of pyridine rings is 1. The van der Waals surface area contributed by atoms with Crippen LogP contribution in [0.1, 0.15) is 41.9 Å². The molecule has 28 heavy (non-hydrogen) atoms. The smallest absolute Gasteiger partial charge is 0.270 e. The summed E-state index contributed by atoms with van der Waals surface area (Å²) in [5.41, 5.74) is 2.49. The van der Waals surface area contributed by atoms with Gasteiger partial charge >= 0.3 is 0 Å². The molecular formula is C21H23N3O4. The Labute approximate surface area is 163 Å². The number of benzene rings is 1. The van der Waals surface area contributed by atoms with Gasteiger partial charge in [0.15, 0.2) is 0 Å². The number of amides is 2. The third kappa shape index (κ3) is 3.01. The maximum Gasteiger partial charge on any atom is 0.270 e. The number of carbonyl (C=O) groups excluding carboxylic acids is 2. The molecule has 0 saturated carbocycles. The SMILES string of the molecule is CC[C@]1(C)OCc2cnc(C(=O)N[C@H]3COc4ccccc4N(C)C3=O)cc21. The minimum Gasteiger partial charge on any atom is -0.489 e. The highest BCUT2D eigenvalue weighted by atomic mass is 16.5. The lowest BCUT2D eigenvalue weighted by molar-refractivity contribution is -0.120. The number of nitrogens with one attached hydrogen (secondary N) is 1. The normalized spacial score (nSPS) is 23.5. The lowest BCUT2D eigenvalue weighted by Gasteiger charge is -2.23. The van der Waals surface area contributed by atoms with E-state index in [1.807, 2.05) is 32.0 Å². The molecule has 0 saturated heterocycles. The number of aromatic nitrogens is 1. The second-order valence-corrected chi connectivity index (χ2v) is 7.30. The summed E-state index contributed by atoms with van der Waals surface area (Å²) in [4.78, 5) is 31.4. The minimum atomic E-state index is -0.797. The van der Waals surface area contributed by atoms with Gasteiger partial charge in [0.05, 0.1) is 17.9 Å². The third-order valence-corrected chi connectivity index (χ3v) is 5.58. The van der Waals surface area contributed by atoms with Gasteiger partial charge in [-0.3, -0.25) is 14.6 Å². The zero-order valence-electron chi connectivity index (χ0n) is 16.2. The van der Waals surface area contributed by atoms with E-state index in [9.17, 15) is 9.59 Å². The summed E-state index contributed by atoms with van der Waals surface area (Å²) in [7, 11) is 1.67. The Balaban J connectivity index is 1.55. The van der Waals surface area contributed by atoms with Crippen LogP contribution < -0.4 is 15.0 Å². The van der Waals surface area contributed by atoms with Crippen LogP contribution in [0.3, 0.4) is 0 Å². The largest absolute Gasteiger partial charge is 0.489 e. The van der Waals surface area contributed by atoms with Crippen molar-refractivity contribution in [2.24, 2.45) is 0 Å². The molecule has 1 aromatic heterocycles. The van der Waals surface area contributed by atoms with Gasteiger partial charge in [-0.1, -0.05) is 19.1 Å².